The summed E-state index contributed by atoms with van der Waals surface area (Å²) in [5, 5.41) is 19.1. The highest BCUT2D eigenvalue weighted by Crippen LogP contribution is 2.41. The third-order valence-corrected chi connectivity index (χ3v) is 3.88. The van der Waals surface area contributed by atoms with Gasteiger partial charge in [-0.2, -0.15) is 0 Å². The fraction of sp³-hybridized carbons (Fsp3) is 0.286. The summed E-state index contributed by atoms with van der Waals surface area (Å²) in [6.45, 7) is 1.98. The number of aromatic hydroxyl groups is 1. The molecule has 0 fully saturated rings. The first kappa shape index (κ1) is 9.16. The van der Waals surface area contributed by atoms with Crippen molar-refractivity contribution >= 4 is 22.1 Å². The molecule has 4 rings (SSSR count). The van der Waals surface area contributed by atoms with E-state index in [0.29, 0.717) is 5.75 Å². The number of nitrogens with one attached hydrogen (secondary N) is 2. The van der Waals surface area contributed by atoms with Crippen molar-refractivity contribution in [3.05, 3.63) is 29.3 Å². The zero-order valence-electron chi connectivity index (χ0n) is 9.51. The van der Waals surface area contributed by atoms with Crippen molar-refractivity contribution < 1.29 is 5.11 Å². The third-order valence-electron chi connectivity index (χ3n) is 3.88. The molecule has 17 heavy (non-hydrogen) atoms. The maximum absolute atomic E-state index is 10.1. The maximum atomic E-state index is 10.1. The first-order chi connectivity index (χ1) is 8.34. The Labute approximate surface area is 99.5 Å². The van der Waals surface area contributed by atoms with E-state index in [1.54, 1.807) is 0 Å². The monoisotopic (exact) mass is 226 g/mol. The van der Waals surface area contributed by atoms with Crippen LogP contribution in [-0.4, -0.2) is 18.2 Å². The largest absolute Gasteiger partial charge is 0.507 e. The number of fused-ring (bicyclic) bond motifs is 5. The highest BCUT2D eigenvalue weighted by Gasteiger charge is 2.22. The fourth-order valence-corrected chi connectivity index (χ4v) is 3.13. The molecule has 3 heteroatoms. The summed E-state index contributed by atoms with van der Waals surface area (Å²) in [6.07, 6.45) is 2.12. The number of rotatable bonds is 0. The number of phenolic OH excluding ortho intramolecular Hbond substituents is 1. The molecule has 3 N–H and O–H groups in total. The summed E-state index contributed by atoms with van der Waals surface area (Å²) in [7, 11) is 0. The molecule has 0 amide bonds. The van der Waals surface area contributed by atoms with Gasteiger partial charge in [0.25, 0.3) is 0 Å². The van der Waals surface area contributed by atoms with Crippen LogP contribution in [0.1, 0.15) is 11.1 Å². The Morgan fingerprint density at radius 2 is 1.65 bits per heavy atom. The van der Waals surface area contributed by atoms with Gasteiger partial charge in [-0.25, -0.2) is 0 Å². The highest BCUT2D eigenvalue weighted by atomic mass is 16.3. The molecule has 3 nitrogen and oxygen atoms in total. The molecule has 0 atom stereocenters. The van der Waals surface area contributed by atoms with Crippen LogP contribution in [0.25, 0.3) is 10.8 Å². The Kier molecular flexibility index (Phi) is 1.65. The second kappa shape index (κ2) is 3.06. The molecule has 86 valence electrons. The van der Waals surface area contributed by atoms with E-state index < -0.39 is 0 Å². The molecule has 0 aliphatic carbocycles. The molecule has 0 bridgehead atoms. The number of anilines is 2. The van der Waals surface area contributed by atoms with Crippen LogP contribution >= 0.6 is 0 Å². The summed E-state index contributed by atoms with van der Waals surface area (Å²) in [4.78, 5) is 0. The minimum Gasteiger partial charge on any atom is -0.507 e. The fourth-order valence-electron chi connectivity index (χ4n) is 3.13. The van der Waals surface area contributed by atoms with Crippen molar-refractivity contribution in [3.63, 3.8) is 0 Å². The Hall–Kier alpha value is -1.90. The third kappa shape index (κ3) is 1.11. The van der Waals surface area contributed by atoms with E-state index >= 15 is 0 Å². The van der Waals surface area contributed by atoms with Gasteiger partial charge < -0.3 is 15.7 Å². The van der Waals surface area contributed by atoms with E-state index in [1.807, 2.05) is 12.1 Å². The first-order valence-corrected chi connectivity index (χ1v) is 6.13. The van der Waals surface area contributed by atoms with Crippen molar-refractivity contribution in [2.24, 2.45) is 0 Å². The lowest BCUT2D eigenvalue weighted by Gasteiger charge is -2.11. The SMILES string of the molecule is Oc1cc2c(c3c4c(ccc13)NCC4)CCN2. The van der Waals surface area contributed by atoms with Crippen LogP contribution in [0.2, 0.25) is 0 Å². The van der Waals surface area contributed by atoms with Crippen LogP contribution in [0, 0.1) is 0 Å². The van der Waals surface area contributed by atoms with Gasteiger partial charge in [-0.1, -0.05) is 0 Å². The zero-order valence-corrected chi connectivity index (χ0v) is 9.51. The molecular formula is C14H14N2O. The van der Waals surface area contributed by atoms with Gasteiger partial charge in [0.05, 0.1) is 0 Å². The number of hydrogen-bond acceptors (Lipinski definition) is 3. The van der Waals surface area contributed by atoms with Crippen LogP contribution in [0.3, 0.4) is 0 Å². The average Bonchev–Trinajstić information content (AvgIpc) is 2.95. The molecule has 2 aromatic carbocycles. The molecule has 2 heterocycles. The molecule has 0 aromatic heterocycles. The topological polar surface area (TPSA) is 44.3 Å². The first-order valence-electron chi connectivity index (χ1n) is 6.13. The summed E-state index contributed by atoms with van der Waals surface area (Å²) in [6, 6.07) is 5.97. The maximum Gasteiger partial charge on any atom is 0.125 e. The van der Waals surface area contributed by atoms with Crippen molar-refractivity contribution in [2.45, 2.75) is 12.8 Å². The zero-order chi connectivity index (χ0) is 11.4. The van der Waals surface area contributed by atoms with Gasteiger partial charge in [0.1, 0.15) is 5.75 Å². The second-order valence-electron chi connectivity index (χ2n) is 4.79. The smallest absolute Gasteiger partial charge is 0.125 e. The van der Waals surface area contributed by atoms with Gasteiger partial charge in [-0.15, -0.1) is 0 Å². The van der Waals surface area contributed by atoms with Crippen LogP contribution in [-0.2, 0) is 12.8 Å². The predicted molar refractivity (Wildman–Crippen MR) is 70.0 cm³/mol. The summed E-state index contributed by atoms with van der Waals surface area (Å²) in [5.74, 6) is 0.392. The van der Waals surface area contributed by atoms with Crippen molar-refractivity contribution in [2.75, 3.05) is 23.7 Å². The van der Waals surface area contributed by atoms with Crippen LogP contribution < -0.4 is 10.6 Å². The van der Waals surface area contributed by atoms with E-state index in [0.717, 1.165) is 37.0 Å². The molecule has 0 spiro atoms. The summed E-state index contributed by atoms with van der Waals surface area (Å²) >= 11 is 0. The lowest BCUT2D eigenvalue weighted by Crippen LogP contribution is -1.90. The van der Waals surface area contributed by atoms with Crippen LogP contribution in [0.4, 0.5) is 11.4 Å². The number of hydrogen-bond donors (Lipinski definition) is 3. The summed E-state index contributed by atoms with van der Waals surface area (Å²) in [5.41, 5.74) is 5.09. The quantitative estimate of drug-likeness (QED) is 0.646. The lowest BCUT2D eigenvalue weighted by molar-refractivity contribution is 0.482. The van der Waals surface area contributed by atoms with Crippen molar-refractivity contribution in [1.82, 2.24) is 0 Å². The standard InChI is InChI=1S/C14H14N2O/c17-13-7-12-9(4-6-16-12)14-8-3-5-15-11(8)2-1-10(13)14/h1-2,7,15-17H,3-6H2. The molecule has 2 aromatic rings. The Balaban J connectivity index is 2.19. The Morgan fingerprint density at radius 3 is 2.47 bits per heavy atom. The van der Waals surface area contributed by atoms with Gasteiger partial charge in [0.2, 0.25) is 0 Å². The van der Waals surface area contributed by atoms with Crippen molar-refractivity contribution in [1.29, 1.82) is 0 Å². The highest BCUT2D eigenvalue weighted by molar-refractivity contribution is 6.01. The Bertz CT molecular complexity index is 626. The molecular weight excluding hydrogens is 212 g/mol. The minimum atomic E-state index is 0.392. The van der Waals surface area contributed by atoms with Gasteiger partial charge in [-0.3, -0.25) is 0 Å². The molecule has 2 aliphatic heterocycles. The normalized spacial score (nSPS) is 16.5. The summed E-state index contributed by atoms with van der Waals surface area (Å²) < 4.78 is 0. The number of benzene rings is 2. The Morgan fingerprint density at radius 1 is 0.941 bits per heavy atom. The van der Waals surface area contributed by atoms with Gasteiger partial charge in [-0.05, 0) is 41.5 Å². The molecule has 2 aliphatic rings. The minimum absolute atomic E-state index is 0.392. The van der Waals surface area contributed by atoms with Crippen molar-refractivity contribution in [3.8, 4) is 5.75 Å². The van der Waals surface area contributed by atoms with Gasteiger partial charge >= 0.3 is 0 Å². The molecule has 0 unspecified atom stereocenters. The molecule has 0 radical (unpaired) electrons. The van der Waals surface area contributed by atoms with E-state index in [-0.39, 0.29) is 0 Å². The van der Waals surface area contributed by atoms with Crippen LogP contribution in [0.15, 0.2) is 18.2 Å². The lowest BCUT2D eigenvalue weighted by atomic mass is 9.95. The molecule has 0 saturated carbocycles. The van der Waals surface area contributed by atoms with E-state index in [1.165, 1.54) is 22.2 Å². The molecule has 0 saturated heterocycles. The second-order valence-corrected chi connectivity index (χ2v) is 4.79. The van der Waals surface area contributed by atoms with Crippen LogP contribution in [0.5, 0.6) is 5.75 Å². The predicted octanol–water partition coefficient (Wildman–Crippen LogP) is 2.48. The average molecular weight is 226 g/mol. The number of phenols is 1. The van der Waals surface area contributed by atoms with Gasteiger partial charge in [0.15, 0.2) is 0 Å². The van der Waals surface area contributed by atoms with E-state index in [9.17, 15) is 5.11 Å². The van der Waals surface area contributed by atoms with E-state index in [4.69, 9.17) is 0 Å². The van der Waals surface area contributed by atoms with Gasteiger partial charge in [0, 0.05) is 35.9 Å². The van der Waals surface area contributed by atoms with E-state index in [2.05, 4.69) is 16.7 Å².